The highest BCUT2D eigenvalue weighted by Crippen LogP contribution is 2.30. The minimum absolute atomic E-state index is 0.176. The fourth-order valence-corrected chi connectivity index (χ4v) is 3.55. The molecule has 0 aromatic rings. The molecule has 0 radical (unpaired) electrons. The number of amides is 1. The Kier molecular flexibility index (Phi) is 4.56. The van der Waals surface area contributed by atoms with Crippen LogP contribution in [0.4, 0.5) is 0 Å². The van der Waals surface area contributed by atoms with Gasteiger partial charge in [-0.3, -0.25) is 14.3 Å². The monoisotopic (exact) mass is 258 g/mol. The third kappa shape index (κ3) is 3.07. The standard InChI is InChI=1S/C12H22N2O2S/c1-2-17(16)8-7-14-11(15)9-13-12(14)10-5-3-4-6-10/h10,12-13H,2-9H2,1H3. The molecule has 0 spiro atoms. The molecular formula is C12H22N2O2S. The molecule has 2 fully saturated rings. The van der Waals surface area contributed by atoms with Crippen molar-refractivity contribution < 1.29 is 9.00 Å². The molecule has 2 atom stereocenters. The van der Waals surface area contributed by atoms with E-state index in [1.165, 1.54) is 25.7 Å². The summed E-state index contributed by atoms with van der Waals surface area (Å²) in [5.41, 5.74) is 0. The minimum atomic E-state index is -0.776. The van der Waals surface area contributed by atoms with E-state index >= 15 is 0 Å². The molecule has 0 bridgehead atoms. The summed E-state index contributed by atoms with van der Waals surface area (Å²) < 4.78 is 11.5. The Morgan fingerprint density at radius 1 is 1.41 bits per heavy atom. The molecule has 1 saturated heterocycles. The van der Waals surface area contributed by atoms with E-state index in [9.17, 15) is 9.00 Å². The second-order valence-corrected chi connectivity index (χ2v) is 6.76. The molecule has 17 heavy (non-hydrogen) atoms. The van der Waals surface area contributed by atoms with Gasteiger partial charge in [0.25, 0.3) is 0 Å². The van der Waals surface area contributed by atoms with Crippen LogP contribution in [0.15, 0.2) is 0 Å². The molecule has 1 saturated carbocycles. The van der Waals surface area contributed by atoms with Crippen molar-refractivity contribution in [2.24, 2.45) is 5.92 Å². The molecule has 2 rings (SSSR count). The van der Waals surface area contributed by atoms with E-state index in [2.05, 4.69) is 5.32 Å². The number of hydrogen-bond acceptors (Lipinski definition) is 3. The molecule has 2 aliphatic rings. The maximum Gasteiger partial charge on any atom is 0.237 e. The predicted octanol–water partition coefficient (Wildman–Crippen LogP) is 0.703. The van der Waals surface area contributed by atoms with Crippen molar-refractivity contribution in [3.63, 3.8) is 0 Å². The van der Waals surface area contributed by atoms with Crippen LogP contribution in [0.3, 0.4) is 0 Å². The maximum absolute atomic E-state index is 11.8. The summed E-state index contributed by atoms with van der Waals surface area (Å²) in [6.45, 7) is 3.03. The largest absolute Gasteiger partial charge is 0.325 e. The average Bonchev–Trinajstić information content (AvgIpc) is 2.95. The molecule has 1 N–H and O–H groups in total. The zero-order chi connectivity index (χ0) is 12.3. The van der Waals surface area contributed by atoms with E-state index in [4.69, 9.17) is 0 Å². The van der Waals surface area contributed by atoms with Gasteiger partial charge in [-0.05, 0) is 18.8 Å². The zero-order valence-corrected chi connectivity index (χ0v) is 11.3. The Labute approximate surface area is 106 Å². The van der Waals surface area contributed by atoms with E-state index in [0.717, 1.165) is 0 Å². The first-order valence-electron chi connectivity index (χ1n) is 6.60. The van der Waals surface area contributed by atoms with Gasteiger partial charge in [0.15, 0.2) is 0 Å². The number of nitrogens with zero attached hydrogens (tertiary/aromatic N) is 1. The molecule has 1 amide bonds. The number of carbonyl (C=O) groups is 1. The normalized spacial score (nSPS) is 27.9. The third-order valence-corrected chi connectivity index (χ3v) is 5.13. The molecule has 5 heteroatoms. The van der Waals surface area contributed by atoms with Crippen molar-refractivity contribution in [2.75, 3.05) is 24.6 Å². The number of hydrogen-bond donors (Lipinski definition) is 1. The second-order valence-electron chi connectivity index (χ2n) is 4.89. The first kappa shape index (κ1) is 13.0. The Balaban J connectivity index is 1.91. The zero-order valence-electron chi connectivity index (χ0n) is 10.5. The fraction of sp³-hybridized carbons (Fsp3) is 0.917. The van der Waals surface area contributed by atoms with Gasteiger partial charge < -0.3 is 4.90 Å². The second kappa shape index (κ2) is 5.96. The third-order valence-electron chi connectivity index (χ3n) is 3.85. The van der Waals surface area contributed by atoms with Crippen LogP contribution in [0, 0.1) is 5.92 Å². The van der Waals surface area contributed by atoms with Crippen LogP contribution in [-0.2, 0) is 15.6 Å². The predicted molar refractivity (Wildman–Crippen MR) is 69.0 cm³/mol. The molecule has 1 aliphatic carbocycles. The highest BCUT2D eigenvalue weighted by molar-refractivity contribution is 7.84. The van der Waals surface area contributed by atoms with Gasteiger partial charge >= 0.3 is 0 Å². The van der Waals surface area contributed by atoms with E-state index in [0.29, 0.717) is 30.5 Å². The summed E-state index contributed by atoms with van der Waals surface area (Å²) in [6, 6.07) is 0. The van der Waals surface area contributed by atoms with Gasteiger partial charge in [0.05, 0.1) is 12.7 Å². The quantitative estimate of drug-likeness (QED) is 0.790. The topological polar surface area (TPSA) is 49.4 Å². The van der Waals surface area contributed by atoms with Crippen molar-refractivity contribution in [1.29, 1.82) is 0 Å². The van der Waals surface area contributed by atoms with Gasteiger partial charge in [-0.15, -0.1) is 0 Å². The van der Waals surface area contributed by atoms with Gasteiger partial charge in [-0.2, -0.15) is 0 Å². The van der Waals surface area contributed by atoms with Crippen LogP contribution in [0.2, 0.25) is 0 Å². The Morgan fingerprint density at radius 3 is 2.76 bits per heavy atom. The van der Waals surface area contributed by atoms with Gasteiger partial charge in [0.2, 0.25) is 5.91 Å². The van der Waals surface area contributed by atoms with Gasteiger partial charge in [-0.25, -0.2) is 0 Å². The lowest BCUT2D eigenvalue weighted by Crippen LogP contribution is -2.44. The number of rotatable bonds is 5. The summed E-state index contributed by atoms with van der Waals surface area (Å²) in [5, 5.41) is 3.32. The maximum atomic E-state index is 11.8. The van der Waals surface area contributed by atoms with E-state index in [1.807, 2.05) is 11.8 Å². The molecule has 2 unspecified atom stereocenters. The first-order chi connectivity index (χ1) is 8.22. The Hall–Kier alpha value is -0.420. The van der Waals surface area contributed by atoms with Crippen molar-refractivity contribution in [3.8, 4) is 0 Å². The SMILES string of the molecule is CCS(=O)CCN1C(=O)CNC1C1CCCC1. The van der Waals surface area contributed by atoms with E-state index in [1.54, 1.807) is 0 Å². The highest BCUT2D eigenvalue weighted by Gasteiger charge is 2.36. The first-order valence-corrected chi connectivity index (χ1v) is 8.09. The summed E-state index contributed by atoms with van der Waals surface area (Å²) in [7, 11) is -0.776. The van der Waals surface area contributed by atoms with E-state index < -0.39 is 10.8 Å². The minimum Gasteiger partial charge on any atom is -0.325 e. The molecule has 98 valence electrons. The van der Waals surface area contributed by atoms with Crippen LogP contribution in [0.1, 0.15) is 32.6 Å². The van der Waals surface area contributed by atoms with Gasteiger partial charge in [0.1, 0.15) is 0 Å². The molecule has 0 aromatic carbocycles. The lowest BCUT2D eigenvalue weighted by atomic mass is 10.0. The lowest BCUT2D eigenvalue weighted by molar-refractivity contribution is -0.128. The van der Waals surface area contributed by atoms with Crippen LogP contribution < -0.4 is 5.32 Å². The molecule has 1 heterocycles. The molecular weight excluding hydrogens is 236 g/mol. The van der Waals surface area contributed by atoms with Crippen molar-refractivity contribution in [1.82, 2.24) is 10.2 Å². The highest BCUT2D eigenvalue weighted by atomic mass is 32.2. The smallest absolute Gasteiger partial charge is 0.237 e. The van der Waals surface area contributed by atoms with Crippen LogP contribution in [0.5, 0.6) is 0 Å². The summed E-state index contributed by atoms with van der Waals surface area (Å²) in [6.07, 6.45) is 5.22. The summed E-state index contributed by atoms with van der Waals surface area (Å²) >= 11 is 0. The number of nitrogens with one attached hydrogen (secondary N) is 1. The molecule has 0 aromatic heterocycles. The van der Waals surface area contributed by atoms with Crippen LogP contribution >= 0.6 is 0 Å². The number of carbonyl (C=O) groups excluding carboxylic acids is 1. The van der Waals surface area contributed by atoms with Crippen molar-refractivity contribution in [3.05, 3.63) is 0 Å². The van der Waals surface area contributed by atoms with Crippen molar-refractivity contribution >= 4 is 16.7 Å². The summed E-state index contributed by atoms with van der Waals surface area (Å²) in [5.74, 6) is 2.09. The van der Waals surface area contributed by atoms with Crippen molar-refractivity contribution in [2.45, 2.75) is 38.8 Å². The fourth-order valence-electron chi connectivity index (χ4n) is 2.86. The van der Waals surface area contributed by atoms with Gasteiger partial charge in [0, 0.05) is 28.9 Å². The molecule has 1 aliphatic heterocycles. The van der Waals surface area contributed by atoms with Gasteiger partial charge in [-0.1, -0.05) is 19.8 Å². The van der Waals surface area contributed by atoms with E-state index in [-0.39, 0.29) is 12.1 Å². The Bertz CT molecular complexity index is 303. The lowest BCUT2D eigenvalue weighted by Gasteiger charge is -2.28. The average molecular weight is 258 g/mol. The van der Waals surface area contributed by atoms with Crippen LogP contribution in [0.25, 0.3) is 0 Å². The molecule has 4 nitrogen and oxygen atoms in total. The van der Waals surface area contributed by atoms with Crippen LogP contribution in [-0.4, -0.2) is 45.8 Å². The summed E-state index contributed by atoms with van der Waals surface area (Å²) in [4.78, 5) is 13.7. The Morgan fingerprint density at radius 2 is 2.12 bits per heavy atom.